The third-order valence-electron chi connectivity index (χ3n) is 4.22. The highest BCUT2D eigenvalue weighted by Gasteiger charge is 2.45. The molecule has 3 rings (SSSR count). The first-order valence-corrected chi connectivity index (χ1v) is 9.56. The largest absolute Gasteiger partial charge is 0.477 e. The Morgan fingerprint density at radius 3 is 2.38 bits per heavy atom. The first kappa shape index (κ1) is 20.6. The van der Waals surface area contributed by atoms with Crippen LogP contribution in [0.3, 0.4) is 0 Å². The third-order valence-corrected chi connectivity index (χ3v) is 5.56. The van der Waals surface area contributed by atoms with Crippen molar-refractivity contribution >= 4 is 41.4 Å². The molecule has 1 saturated heterocycles. The van der Waals surface area contributed by atoms with Crippen molar-refractivity contribution in [3.8, 4) is 11.5 Å². The van der Waals surface area contributed by atoms with Crippen LogP contribution in [0.1, 0.15) is 37.0 Å². The number of hydrogen-bond acceptors (Lipinski definition) is 8. The van der Waals surface area contributed by atoms with Crippen LogP contribution in [0, 0.1) is 0 Å². The number of thioether (sulfide) groups is 1. The van der Waals surface area contributed by atoms with Crippen LogP contribution < -0.4 is 9.47 Å². The molecule has 0 spiro atoms. The Hall–Kier alpha value is -3.14. The predicted octanol–water partition coefficient (Wildman–Crippen LogP) is 1.75. The minimum Gasteiger partial charge on any atom is -0.477 e. The average molecular weight is 419 g/mol. The summed E-state index contributed by atoms with van der Waals surface area (Å²) in [6.45, 7) is 2.37. The van der Waals surface area contributed by atoms with Crippen LogP contribution in [-0.4, -0.2) is 50.2 Å². The summed E-state index contributed by atoms with van der Waals surface area (Å²) in [7, 11) is 0. The fourth-order valence-corrected chi connectivity index (χ4v) is 4.47. The van der Waals surface area contributed by atoms with Gasteiger partial charge in [-0.25, -0.2) is 4.79 Å². The number of Topliss-reactive ketones (excluding diaryl/α,β-unsaturated/α-hetero) is 1. The van der Waals surface area contributed by atoms with Gasteiger partial charge in [0.05, 0.1) is 11.8 Å². The number of carboxylic acids is 1. The van der Waals surface area contributed by atoms with Gasteiger partial charge in [-0.2, -0.15) is 0 Å². The summed E-state index contributed by atoms with van der Waals surface area (Å²) < 4.78 is 9.99. The summed E-state index contributed by atoms with van der Waals surface area (Å²) in [5, 5.41) is 8.61. The van der Waals surface area contributed by atoms with E-state index in [9.17, 15) is 29.1 Å². The quantitative estimate of drug-likeness (QED) is 0.317. The summed E-state index contributed by atoms with van der Waals surface area (Å²) >= 11 is 1.35. The van der Waals surface area contributed by atoms with Crippen molar-refractivity contribution in [3.05, 3.63) is 35.5 Å². The standard InChI is InChI=1S/C19H17NO8S/c1-9(21)27-15-4-3-11(5-16(15)28-10(2)22)14(23)7-12-6-13(19(25)26)20-17(24)8-18(20)29-12/h3-6,12,18H,7-8H2,1-2H3,(H,25,26)/t12?,18-/m1/s1. The molecule has 2 aliphatic heterocycles. The summed E-state index contributed by atoms with van der Waals surface area (Å²) in [6.07, 6.45) is 1.62. The molecule has 0 aromatic heterocycles. The lowest BCUT2D eigenvalue weighted by molar-refractivity contribution is -0.146. The monoisotopic (exact) mass is 419 g/mol. The van der Waals surface area contributed by atoms with Crippen LogP contribution in [-0.2, 0) is 19.2 Å². The Morgan fingerprint density at radius 2 is 1.79 bits per heavy atom. The van der Waals surface area contributed by atoms with Gasteiger partial charge in [-0.05, 0) is 24.3 Å². The Labute approximate surface area is 169 Å². The highest BCUT2D eigenvalue weighted by molar-refractivity contribution is 8.00. The van der Waals surface area contributed by atoms with Crippen LogP contribution >= 0.6 is 11.8 Å². The van der Waals surface area contributed by atoms with Gasteiger partial charge >= 0.3 is 17.9 Å². The molecule has 0 bridgehead atoms. The van der Waals surface area contributed by atoms with Crippen molar-refractivity contribution in [1.82, 2.24) is 4.90 Å². The van der Waals surface area contributed by atoms with Crippen LogP contribution in [0.25, 0.3) is 0 Å². The third kappa shape index (κ3) is 4.48. The van der Waals surface area contributed by atoms with E-state index in [2.05, 4.69) is 0 Å². The number of carboxylic acid groups (broad SMARTS) is 1. The Bertz CT molecular complexity index is 954. The van der Waals surface area contributed by atoms with E-state index in [4.69, 9.17) is 9.47 Å². The number of fused-ring (bicyclic) bond motifs is 1. The molecule has 2 aliphatic rings. The van der Waals surface area contributed by atoms with Crippen molar-refractivity contribution in [2.24, 2.45) is 0 Å². The van der Waals surface area contributed by atoms with Crippen molar-refractivity contribution in [2.75, 3.05) is 0 Å². The summed E-state index contributed by atoms with van der Waals surface area (Å²) in [6, 6.07) is 4.09. The van der Waals surface area contributed by atoms with Crippen LogP contribution in [0.15, 0.2) is 30.0 Å². The zero-order chi connectivity index (χ0) is 21.3. The molecule has 1 aromatic carbocycles. The highest BCUT2D eigenvalue weighted by atomic mass is 32.2. The number of nitrogens with zero attached hydrogens (tertiary/aromatic N) is 1. The van der Waals surface area contributed by atoms with Crippen molar-refractivity contribution in [2.45, 2.75) is 37.3 Å². The maximum atomic E-state index is 12.7. The van der Waals surface area contributed by atoms with Crippen LogP contribution in [0.4, 0.5) is 0 Å². The van der Waals surface area contributed by atoms with E-state index in [-0.39, 0.29) is 52.7 Å². The van der Waals surface area contributed by atoms with Gasteiger partial charge in [-0.15, -0.1) is 11.8 Å². The van der Waals surface area contributed by atoms with Crippen molar-refractivity contribution in [1.29, 1.82) is 0 Å². The number of ether oxygens (including phenoxy) is 2. The van der Waals surface area contributed by atoms with Gasteiger partial charge in [-0.3, -0.25) is 24.1 Å². The van der Waals surface area contributed by atoms with E-state index in [1.54, 1.807) is 0 Å². The molecule has 9 nitrogen and oxygen atoms in total. The minimum atomic E-state index is -1.22. The number of benzene rings is 1. The molecule has 0 saturated carbocycles. The lowest BCUT2D eigenvalue weighted by atomic mass is 10.0. The van der Waals surface area contributed by atoms with E-state index >= 15 is 0 Å². The van der Waals surface area contributed by atoms with E-state index in [1.807, 2.05) is 0 Å². The molecule has 10 heteroatoms. The summed E-state index contributed by atoms with van der Waals surface area (Å²) in [4.78, 5) is 59.5. The molecule has 1 unspecified atom stereocenters. The van der Waals surface area contributed by atoms with Gasteiger partial charge in [0.2, 0.25) is 5.91 Å². The van der Waals surface area contributed by atoms with Gasteiger partial charge < -0.3 is 14.6 Å². The maximum absolute atomic E-state index is 12.7. The lowest BCUT2D eigenvalue weighted by Crippen LogP contribution is -2.54. The number of carbonyl (C=O) groups is 5. The number of amides is 1. The Kier molecular flexibility index (Phi) is 5.73. The highest BCUT2D eigenvalue weighted by Crippen LogP contribution is 2.42. The number of hydrogen-bond donors (Lipinski definition) is 1. The van der Waals surface area contributed by atoms with Crippen LogP contribution in [0.5, 0.6) is 11.5 Å². The summed E-state index contributed by atoms with van der Waals surface area (Å²) in [5.74, 6) is -3.10. The van der Waals surface area contributed by atoms with Gasteiger partial charge in [0.15, 0.2) is 17.3 Å². The minimum absolute atomic E-state index is 0.00738. The molecule has 1 N–H and O–H groups in total. The second kappa shape index (κ2) is 8.08. The van der Waals surface area contributed by atoms with Crippen LogP contribution in [0.2, 0.25) is 0 Å². The van der Waals surface area contributed by atoms with Crippen molar-refractivity contribution < 1.29 is 38.6 Å². The lowest BCUT2D eigenvalue weighted by Gasteiger charge is -2.44. The Morgan fingerprint density at radius 1 is 1.14 bits per heavy atom. The number of esters is 2. The zero-order valence-corrected chi connectivity index (χ0v) is 16.4. The second-order valence-electron chi connectivity index (χ2n) is 6.43. The maximum Gasteiger partial charge on any atom is 0.352 e. The number of aliphatic carboxylic acids is 1. The molecule has 1 fully saturated rings. The van der Waals surface area contributed by atoms with E-state index in [0.29, 0.717) is 0 Å². The molecule has 0 aliphatic carbocycles. The van der Waals surface area contributed by atoms with Gasteiger partial charge in [-0.1, -0.05) is 0 Å². The van der Waals surface area contributed by atoms with Gasteiger partial charge in [0, 0.05) is 31.1 Å². The molecule has 1 amide bonds. The second-order valence-corrected chi connectivity index (χ2v) is 7.85. The molecular formula is C19H17NO8S. The molecule has 2 heterocycles. The number of rotatable bonds is 6. The number of ketones is 1. The molecule has 152 valence electrons. The predicted molar refractivity (Wildman–Crippen MR) is 100 cm³/mol. The van der Waals surface area contributed by atoms with E-state index in [0.717, 1.165) is 0 Å². The van der Waals surface area contributed by atoms with E-state index < -0.39 is 23.2 Å². The normalized spacial score (nSPS) is 20.1. The molecule has 0 radical (unpaired) electrons. The first-order valence-electron chi connectivity index (χ1n) is 8.62. The smallest absolute Gasteiger partial charge is 0.352 e. The molecule has 2 atom stereocenters. The Balaban J connectivity index is 1.80. The number of β-lactam (4-membered cyclic amide) rings is 1. The summed E-state index contributed by atoms with van der Waals surface area (Å²) in [5.41, 5.74) is 0.101. The van der Waals surface area contributed by atoms with Crippen molar-refractivity contribution in [3.63, 3.8) is 0 Å². The van der Waals surface area contributed by atoms with E-state index in [1.165, 1.54) is 54.8 Å². The SMILES string of the molecule is CC(=O)Oc1ccc(C(=O)CC2C=C(C(=O)O)N3C(=O)C[C@H]3S2)cc1OC(C)=O. The molecular weight excluding hydrogens is 402 g/mol. The molecule has 1 aromatic rings. The molecule has 29 heavy (non-hydrogen) atoms. The first-order chi connectivity index (χ1) is 13.7. The fraction of sp³-hybridized carbons (Fsp3) is 0.316. The van der Waals surface area contributed by atoms with Gasteiger partial charge in [0.25, 0.3) is 0 Å². The topological polar surface area (TPSA) is 127 Å². The average Bonchev–Trinajstić information content (AvgIpc) is 2.60. The number of carbonyl (C=O) groups excluding carboxylic acids is 4. The van der Waals surface area contributed by atoms with Gasteiger partial charge in [0.1, 0.15) is 5.70 Å². The fourth-order valence-electron chi connectivity index (χ4n) is 3.02. The zero-order valence-electron chi connectivity index (χ0n) is 15.5.